The maximum Gasteiger partial charge on any atom is 0.262 e. The Labute approximate surface area is 58.2 Å². The minimum absolute atomic E-state index is 0.234. The number of alkyl halides is 2. The molecule has 0 bridgehead atoms. The topological polar surface area (TPSA) is 32.3 Å². The molecule has 1 aliphatic heterocycles. The van der Waals surface area contributed by atoms with Crippen molar-refractivity contribution in [3.63, 3.8) is 0 Å². The summed E-state index contributed by atoms with van der Waals surface area (Å²) in [6.07, 6.45) is -0.267. The molecule has 1 heterocycles. The Balaban J connectivity index is 2.57. The lowest BCUT2D eigenvalue weighted by Gasteiger charge is -2.19. The van der Waals surface area contributed by atoms with Gasteiger partial charge in [0.1, 0.15) is 0 Å². The van der Waals surface area contributed by atoms with E-state index < -0.39 is 11.5 Å². The third-order valence-corrected chi connectivity index (χ3v) is 1.77. The first-order chi connectivity index (χ1) is 4.47. The van der Waals surface area contributed by atoms with Crippen LogP contribution in [0.2, 0.25) is 0 Å². The van der Waals surface area contributed by atoms with Crippen LogP contribution in [0.5, 0.6) is 0 Å². The smallest absolute Gasteiger partial charge is 0.262 e. The Kier molecular flexibility index (Phi) is 1.68. The number of hydrogen-bond acceptors (Lipinski definition) is 2. The molecule has 0 amide bonds. The molecule has 1 unspecified atom stereocenters. The molecule has 1 saturated heterocycles. The highest BCUT2D eigenvalue weighted by molar-refractivity contribution is 4.96. The molecular weight excluding hydrogens is 140 g/mol. The second-order valence-corrected chi connectivity index (χ2v) is 3.11. The molecule has 0 saturated carbocycles. The summed E-state index contributed by atoms with van der Waals surface area (Å²) < 4.78 is 24.9. The lowest BCUT2D eigenvalue weighted by Crippen LogP contribution is -2.39. The highest BCUT2D eigenvalue weighted by atomic mass is 19.3. The molecule has 1 atom stereocenters. The lowest BCUT2D eigenvalue weighted by molar-refractivity contribution is 0.0127. The summed E-state index contributed by atoms with van der Waals surface area (Å²) in [6, 6.07) is 0. The molecular formula is C6H11F2NO. The molecule has 1 fully saturated rings. The Hall–Kier alpha value is -0.220. The first-order valence-corrected chi connectivity index (χ1v) is 3.21. The number of hydrogen-bond donors (Lipinski definition) is 2. The third kappa shape index (κ3) is 1.44. The molecule has 10 heavy (non-hydrogen) atoms. The van der Waals surface area contributed by atoms with E-state index in [0.29, 0.717) is 0 Å². The van der Waals surface area contributed by atoms with Crippen molar-refractivity contribution in [2.75, 3.05) is 13.2 Å². The zero-order valence-corrected chi connectivity index (χ0v) is 5.82. The van der Waals surface area contributed by atoms with Gasteiger partial charge in [0.15, 0.2) is 0 Å². The van der Waals surface area contributed by atoms with Crippen molar-refractivity contribution in [1.29, 1.82) is 0 Å². The van der Waals surface area contributed by atoms with Gasteiger partial charge in [-0.2, -0.15) is 0 Å². The summed E-state index contributed by atoms with van der Waals surface area (Å²) in [5.74, 6) is -2.64. The average molecular weight is 151 g/mol. The molecule has 0 aromatic carbocycles. The van der Waals surface area contributed by atoms with Crippen LogP contribution < -0.4 is 5.32 Å². The predicted molar refractivity (Wildman–Crippen MR) is 33.1 cm³/mol. The molecule has 0 spiro atoms. The SMILES string of the molecule is CC1(CO)CC(F)(F)CN1. The molecule has 0 aromatic heterocycles. The molecule has 0 aromatic rings. The number of nitrogens with one attached hydrogen (secondary N) is 1. The van der Waals surface area contributed by atoms with Crippen molar-refractivity contribution in [2.45, 2.75) is 24.8 Å². The zero-order chi connectivity index (χ0) is 7.83. The van der Waals surface area contributed by atoms with Crippen molar-refractivity contribution in [2.24, 2.45) is 0 Å². The molecule has 2 nitrogen and oxygen atoms in total. The lowest BCUT2D eigenvalue weighted by atomic mass is 10.0. The third-order valence-electron chi connectivity index (χ3n) is 1.77. The van der Waals surface area contributed by atoms with Crippen molar-refractivity contribution >= 4 is 0 Å². The second kappa shape index (κ2) is 2.13. The Morgan fingerprint density at radius 1 is 1.60 bits per heavy atom. The highest BCUT2D eigenvalue weighted by Gasteiger charge is 2.45. The normalized spacial score (nSPS) is 38.4. The van der Waals surface area contributed by atoms with Gasteiger partial charge in [0.25, 0.3) is 5.92 Å². The van der Waals surface area contributed by atoms with Crippen molar-refractivity contribution in [1.82, 2.24) is 5.32 Å². The summed E-state index contributed by atoms with van der Waals surface area (Å²) in [4.78, 5) is 0. The predicted octanol–water partition coefficient (Wildman–Crippen LogP) is 0.366. The van der Waals surface area contributed by atoms with Gasteiger partial charge in [0.05, 0.1) is 13.2 Å². The van der Waals surface area contributed by atoms with Crippen LogP contribution in [0.15, 0.2) is 0 Å². The van der Waals surface area contributed by atoms with Crippen LogP contribution >= 0.6 is 0 Å². The van der Waals surface area contributed by atoms with Crippen LogP contribution in [0.4, 0.5) is 8.78 Å². The van der Waals surface area contributed by atoms with Gasteiger partial charge in [-0.1, -0.05) is 0 Å². The van der Waals surface area contributed by atoms with Crippen molar-refractivity contribution in [3.05, 3.63) is 0 Å². The van der Waals surface area contributed by atoms with Crippen LogP contribution in [-0.2, 0) is 0 Å². The van der Waals surface area contributed by atoms with Gasteiger partial charge in [0.2, 0.25) is 0 Å². The van der Waals surface area contributed by atoms with E-state index in [9.17, 15) is 8.78 Å². The molecule has 0 radical (unpaired) electrons. The van der Waals surface area contributed by atoms with Crippen LogP contribution in [0.3, 0.4) is 0 Å². The van der Waals surface area contributed by atoms with E-state index in [2.05, 4.69) is 5.32 Å². The summed E-state index contributed by atoms with van der Waals surface area (Å²) in [5.41, 5.74) is -0.774. The van der Waals surface area contributed by atoms with Gasteiger partial charge >= 0.3 is 0 Å². The molecule has 60 valence electrons. The number of rotatable bonds is 1. The molecule has 1 rings (SSSR count). The number of aliphatic hydroxyl groups excluding tert-OH is 1. The van der Waals surface area contributed by atoms with Crippen LogP contribution in [-0.4, -0.2) is 29.7 Å². The fourth-order valence-electron chi connectivity index (χ4n) is 1.15. The van der Waals surface area contributed by atoms with Gasteiger partial charge in [-0.05, 0) is 6.92 Å². The summed E-state index contributed by atoms with van der Waals surface area (Å²) in [5, 5.41) is 11.2. The largest absolute Gasteiger partial charge is 0.394 e. The highest BCUT2D eigenvalue weighted by Crippen LogP contribution is 2.31. The molecule has 2 N–H and O–H groups in total. The van der Waals surface area contributed by atoms with Crippen molar-refractivity contribution in [3.8, 4) is 0 Å². The van der Waals surface area contributed by atoms with Gasteiger partial charge in [-0.15, -0.1) is 0 Å². The average Bonchev–Trinajstić information content (AvgIpc) is 2.08. The van der Waals surface area contributed by atoms with E-state index in [1.807, 2.05) is 0 Å². The van der Waals surface area contributed by atoms with Gasteiger partial charge in [0, 0.05) is 12.0 Å². The van der Waals surface area contributed by atoms with E-state index >= 15 is 0 Å². The number of halogens is 2. The zero-order valence-electron chi connectivity index (χ0n) is 5.82. The first kappa shape index (κ1) is 7.88. The van der Waals surface area contributed by atoms with Crippen LogP contribution in [0.1, 0.15) is 13.3 Å². The number of aliphatic hydroxyl groups is 1. The van der Waals surface area contributed by atoms with Crippen LogP contribution in [0, 0.1) is 0 Å². The minimum atomic E-state index is -2.64. The fraction of sp³-hybridized carbons (Fsp3) is 1.00. The van der Waals surface area contributed by atoms with Crippen molar-refractivity contribution < 1.29 is 13.9 Å². The first-order valence-electron chi connectivity index (χ1n) is 3.21. The van der Waals surface area contributed by atoms with E-state index in [4.69, 9.17) is 5.11 Å². The summed E-state index contributed by atoms with van der Waals surface area (Å²) in [7, 11) is 0. The summed E-state index contributed by atoms with van der Waals surface area (Å²) >= 11 is 0. The maximum atomic E-state index is 12.5. The van der Waals surface area contributed by atoms with Gasteiger partial charge < -0.3 is 10.4 Å². The van der Waals surface area contributed by atoms with Crippen LogP contribution in [0.25, 0.3) is 0 Å². The maximum absolute atomic E-state index is 12.5. The van der Waals surface area contributed by atoms with E-state index in [0.717, 1.165) is 0 Å². The Bertz CT molecular complexity index is 140. The van der Waals surface area contributed by atoms with Gasteiger partial charge in [-0.3, -0.25) is 0 Å². The molecule has 1 aliphatic rings. The molecule has 0 aliphatic carbocycles. The monoisotopic (exact) mass is 151 g/mol. The van der Waals surface area contributed by atoms with E-state index in [-0.39, 0.29) is 19.6 Å². The fourth-order valence-corrected chi connectivity index (χ4v) is 1.15. The van der Waals surface area contributed by atoms with Gasteiger partial charge in [-0.25, -0.2) is 8.78 Å². The Morgan fingerprint density at radius 3 is 2.40 bits per heavy atom. The molecule has 4 heteroatoms. The van der Waals surface area contributed by atoms with E-state index in [1.165, 1.54) is 0 Å². The van der Waals surface area contributed by atoms with E-state index in [1.54, 1.807) is 6.92 Å². The second-order valence-electron chi connectivity index (χ2n) is 3.11. The Morgan fingerprint density at radius 2 is 2.20 bits per heavy atom. The minimum Gasteiger partial charge on any atom is -0.394 e. The quantitative estimate of drug-likeness (QED) is 0.567. The standard InChI is InChI=1S/C6H11F2NO/c1-5(4-10)2-6(7,8)3-9-5/h9-10H,2-4H2,1H3. The summed E-state index contributed by atoms with van der Waals surface area (Å²) in [6.45, 7) is 1.04.